The van der Waals surface area contributed by atoms with Crippen molar-refractivity contribution in [3.63, 3.8) is 0 Å². The number of anilines is 6. The molecule has 2 atom stereocenters. The number of hydrogen-bond donors (Lipinski definition) is 0. The Balaban J connectivity index is 1.01. The number of rotatable bonds is 10. The highest BCUT2D eigenvalue weighted by molar-refractivity contribution is 5.85. The molecular weight excluding hydrogens is 749 g/mol. The molecule has 2 heteroatoms. The molecule has 0 radical (unpaired) electrons. The van der Waals surface area contributed by atoms with E-state index in [1.54, 1.807) is 0 Å². The van der Waals surface area contributed by atoms with Gasteiger partial charge in [0.15, 0.2) is 0 Å². The molecule has 0 aliphatic heterocycles. The maximum atomic E-state index is 2.46. The molecular formula is C60H62N2. The summed E-state index contributed by atoms with van der Waals surface area (Å²) in [7, 11) is 0. The summed E-state index contributed by atoms with van der Waals surface area (Å²) in [6.45, 7) is 9.60. The van der Waals surface area contributed by atoms with Gasteiger partial charge in [-0.05, 0) is 155 Å². The lowest BCUT2D eigenvalue weighted by Crippen LogP contribution is -2.36. The Morgan fingerprint density at radius 2 is 0.935 bits per heavy atom. The molecule has 312 valence electrons. The van der Waals surface area contributed by atoms with E-state index < -0.39 is 0 Å². The van der Waals surface area contributed by atoms with Crippen LogP contribution in [0.4, 0.5) is 34.1 Å². The summed E-state index contributed by atoms with van der Waals surface area (Å²) in [5.74, 6) is 2.01. The second-order valence-corrected chi connectivity index (χ2v) is 19.4. The van der Waals surface area contributed by atoms with Crippen LogP contribution in [0.3, 0.4) is 0 Å². The molecule has 0 aromatic heterocycles. The first-order chi connectivity index (χ1) is 30.3. The first kappa shape index (κ1) is 40.2. The van der Waals surface area contributed by atoms with Crippen molar-refractivity contribution in [3.05, 3.63) is 204 Å². The van der Waals surface area contributed by atoms with Crippen molar-refractivity contribution >= 4 is 34.1 Å². The van der Waals surface area contributed by atoms with Crippen LogP contribution in [-0.2, 0) is 10.8 Å². The summed E-state index contributed by atoms with van der Waals surface area (Å²) in [5.41, 5.74) is 16.9. The van der Waals surface area contributed by atoms with Crippen molar-refractivity contribution in [2.45, 2.75) is 102 Å². The molecule has 0 amide bonds. The van der Waals surface area contributed by atoms with Gasteiger partial charge in [0, 0.05) is 45.0 Å². The summed E-state index contributed by atoms with van der Waals surface area (Å²) in [5, 5.41) is 0. The maximum Gasteiger partial charge on any atom is 0.0465 e. The van der Waals surface area contributed by atoms with Crippen molar-refractivity contribution in [1.29, 1.82) is 0 Å². The van der Waals surface area contributed by atoms with Crippen LogP contribution >= 0.6 is 0 Å². The van der Waals surface area contributed by atoms with Crippen LogP contribution in [0.25, 0.3) is 11.1 Å². The molecule has 0 heterocycles. The van der Waals surface area contributed by atoms with Gasteiger partial charge < -0.3 is 9.80 Å². The Labute approximate surface area is 371 Å². The van der Waals surface area contributed by atoms with Crippen LogP contribution in [0.2, 0.25) is 0 Å². The molecule has 7 aromatic carbocycles. The number of para-hydroxylation sites is 2. The van der Waals surface area contributed by atoms with Gasteiger partial charge in [-0.15, -0.1) is 0 Å². The van der Waals surface area contributed by atoms with Crippen LogP contribution < -0.4 is 9.80 Å². The lowest BCUT2D eigenvalue weighted by molar-refractivity contribution is 0.207. The topological polar surface area (TPSA) is 6.48 Å². The fourth-order valence-electron chi connectivity index (χ4n) is 11.6. The zero-order valence-corrected chi connectivity index (χ0v) is 37.2. The van der Waals surface area contributed by atoms with Gasteiger partial charge in [-0.25, -0.2) is 0 Å². The average molecular weight is 811 g/mol. The second-order valence-electron chi connectivity index (χ2n) is 19.4. The van der Waals surface area contributed by atoms with Gasteiger partial charge in [0.2, 0.25) is 0 Å². The largest absolute Gasteiger partial charge is 0.311 e. The minimum absolute atomic E-state index is 0.0651. The summed E-state index contributed by atoms with van der Waals surface area (Å²) >= 11 is 0. The van der Waals surface area contributed by atoms with Crippen molar-refractivity contribution in [2.24, 2.45) is 11.8 Å². The van der Waals surface area contributed by atoms with E-state index in [0.717, 1.165) is 12.8 Å². The fraction of sp³-hybridized carbons (Fsp3) is 0.300. The van der Waals surface area contributed by atoms with E-state index in [9.17, 15) is 0 Å². The molecule has 2 fully saturated rings. The van der Waals surface area contributed by atoms with E-state index >= 15 is 0 Å². The van der Waals surface area contributed by atoms with E-state index in [0.29, 0.717) is 17.8 Å². The molecule has 0 spiro atoms. The average Bonchev–Trinajstić information content (AvgIpc) is 3.56. The molecule has 0 N–H and O–H groups in total. The molecule has 7 aromatic rings. The summed E-state index contributed by atoms with van der Waals surface area (Å²) in [4.78, 5) is 4.88. The lowest BCUT2D eigenvalue weighted by Gasteiger charge is -2.44. The summed E-state index contributed by atoms with van der Waals surface area (Å²) in [6, 6.07) is 66.7. The third kappa shape index (κ3) is 7.36. The van der Waals surface area contributed by atoms with Gasteiger partial charge in [0.1, 0.15) is 0 Å². The van der Waals surface area contributed by atoms with Crippen LogP contribution in [0, 0.1) is 11.8 Å². The Hall–Kier alpha value is -5.86. The monoisotopic (exact) mass is 810 g/mol. The van der Waals surface area contributed by atoms with Gasteiger partial charge >= 0.3 is 0 Å². The number of hydrogen-bond acceptors (Lipinski definition) is 2. The lowest BCUT2D eigenvalue weighted by atomic mass is 9.60. The summed E-state index contributed by atoms with van der Waals surface area (Å²) in [6.07, 6.45) is 11.6. The van der Waals surface area contributed by atoms with Crippen molar-refractivity contribution in [2.75, 3.05) is 9.80 Å². The highest BCUT2D eigenvalue weighted by atomic mass is 15.1. The number of benzene rings is 7. The van der Waals surface area contributed by atoms with Crippen LogP contribution in [-0.4, -0.2) is 0 Å². The first-order valence-electron chi connectivity index (χ1n) is 23.6. The predicted octanol–water partition coefficient (Wildman–Crippen LogP) is 17.1. The van der Waals surface area contributed by atoms with Crippen molar-refractivity contribution in [1.82, 2.24) is 0 Å². The van der Waals surface area contributed by atoms with Gasteiger partial charge in [-0.3, -0.25) is 0 Å². The fourth-order valence-corrected chi connectivity index (χ4v) is 11.6. The molecule has 2 unspecified atom stereocenters. The number of fused-ring (bicyclic) bond motifs is 3. The molecule has 62 heavy (non-hydrogen) atoms. The minimum Gasteiger partial charge on any atom is -0.311 e. The van der Waals surface area contributed by atoms with E-state index in [2.05, 4.69) is 213 Å². The first-order valence-corrected chi connectivity index (χ1v) is 23.6. The van der Waals surface area contributed by atoms with Crippen LogP contribution in [0.5, 0.6) is 0 Å². The van der Waals surface area contributed by atoms with Crippen LogP contribution in [0.1, 0.15) is 119 Å². The van der Waals surface area contributed by atoms with Gasteiger partial charge in [0.05, 0.1) is 0 Å². The quantitative estimate of drug-likeness (QED) is 0.136. The minimum atomic E-state index is -0.0682. The zero-order chi connectivity index (χ0) is 42.3. The normalized spacial score (nSPS) is 19.5. The van der Waals surface area contributed by atoms with Crippen molar-refractivity contribution < 1.29 is 0 Å². The molecule has 2 nitrogen and oxygen atoms in total. The number of nitrogens with zero attached hydrogens (tertiary/aromatic N) is 2. The van der Waals surface area contributed by atoms with E-state index in [1.165, 1.54) is 118 Å². The Kier molecular flexibility index (Phi) is 10.9. The molecule has 2 saturated carbocycles. The van der Waals surface area contributed by atoms with Gasteiger partial charge in [0.25, 0.3) is 0 Å². The smallest absolute Gasteiger partial charge is 0.0465 e. The highest BCUT2D eigenvalue weighted by Crippen LogP contribution is 2.52. The Morgan fingerprint density at radius 1 is 0.452 bits per heavy atom. The standard InChI is InChI=1S/C60H62N2/c1-43(2)46-19-16-40-60(42-46,47-28-34-52(35-29-47)61(49-20-10-6-11-21-49)51-32-26-45(27-33-51)44-17-8-5-9-18-44)48-30-36-53(37-31-48)62(50-22-12-7-13-23-50)54-38-39-56-55-24-14-15-25-57(55)59(3,4)58(56)41-54/h6-7,10-15,20-39,41,43-44,46H,5,8-9,16-19,40,42H2,1-4H3. The zero-order valence-electron chi connectivity index (χ0n) is 37.2. The highest BCUT2D eigenvalue weighted by Gasteiger charge is 2.41. The van der Waals surface area contributed by atoms with Crippen molar-refractivity contribution in [3.8, 4) is 11.1 Å². The summed E-state index contributed by atoms with van der Waals surface area (Å²) < 4.78 is 0. The Bertz CT molecular complexity index is 2600. The van der Waals surface area contributed by atoms with E-state index in [-0.39, 0.29) is 10.8 Å². The van der Waals surface area contributed by atoms with E-state index in [4.69, 9.17) is 0 Å². The van der Waals surface area contributed by atoms with E-state index in [1.807, 2.05) is 0 Å². The van der Waals surface area contributed by atoms with Crippen LogP contribution in [0.15, 0.2) is 176 Å². The molecule has 0 bridgehead atoms. The molecule has 10 rings (SSSR count). The third-order valence-electron chi connectivity index (χ3n) is 15.2. The predicted molar refractivity (Wildman–Crippen MR) is 263 cm³/mol. The Morgan fingerprint density at radius 3 is 1.52 bits per heavy atom. The molecule has 3 aliphatic rings. The third-order valence-corrected chi connectivity index (χ3v) is 15.2. The second kappa shape index (κ2) is 16.8. The molecule has 0 saturated heterocycles. The van der Waals surface area contributed by atoms with Gasteiger partial charge in [-0.1, -0.05) is 163 Å². The molecule has 3 aliphatic carbocycles. The SMILES string of the molecule is CC(C)C1CCCC(c2ccc(N(c3ccccc3)c3ccc(C4CCCCC4)cc3)cc2)(c2ccc(N(c3ccccc3)c3ccc4c(c3)C(C)(C)c3ccccc3-4)cc2)C1. The van der Waals surface area contributed by atoms with Gasteiger partial charge in [-0.2, -0.15) is 0 Å². The maximum absolute atomic E-state index is 2.46.